The Morgan fingerprint density at radius 3 is 2.90 bits per heavy atom. The summed E-state index contributed by atoms with van der Waals surface area (Å²) in [6.45, 7) is 5.79. The topological polar surface area (TPSA) is 55.6 Å². The second kappa shape index (κ2) is 6.90. The standard InChI is InChI=1S/C16H30N2O2/c1-3-13-6-5-10-18(12-13)11-8-14-7-4-9-16(14,17)15(19)20-2/h13-14H,3-12,17H2,1-2H3. The maximum Gasteiger partial charge on any atom is 0.326 e. The number of esters is 1. The number of ether oxygens (including phenoxy) is 1. The van der Waals surface area contributed by atoms with Crippen LogP contribution in [0, 0.1) is 11.8 Å². The number of rotatable bonds is 5. The number of nitrogens with zero attached hydrogens (tertiary/aromatic N) is 1. The minimum absolute atomic E-state index is 0.218. The second-order valence-corrected chi connectivity index (χ2v) is 6.63. The Hall–Kier alpha value is -0.610. The van der Waals surface area contributed by atoms with E-state index in [9.17, 15) is 4.79 Å². The minimum Gasteiger partial charge on any atom is -0.468 e. The molecule has 0 aromatic carbocycles. The van der Waals surface area contributed by atoms with Crippen LogP contribution in [0.5, 0.6) is 0 Å². The van der Waals surface area contributed by atoms with Crippen LogP contribution in [0.2, 0.25) is 0 Å². The molecular formula is C16H30N2O2. The molecule has 0 aromatic heterocycles. The number of methoxy groups -OCH3 is 1. The van der Waals surface area contributed by atoms with Gasteiger partial charge in [0.05, 0.1) is 7.11 Å². The van der Waals surface area contributed by atoms with E-state index in [0.717, 1.165) is 38.1 Å². The van der Waals surface area contributed by atoms with Gasteiger partial charge in [-0.2, -0.15) is 0 Å². The molecule has 2 fully saturated rings. The van der Waals surface area contributed by atoms with Crippen LogP contribution >= 0.6 is 0 Å². The molecule has 2 aliphatic rings. The Kier molecular flexibility index (Phi) is 5.44. The van der Waals surface area contributed by atoms with Crippen molar-refractivity contribution < 1.29 is 9.53 Å². The van der Waals surface area contributed by atoms with E-state index in [1.165, 1.54) is 39.5 Å². The lowest BCUT2D eigenvalue weighted by molar-refractivity contribution is -0.148. The Bertz CT molecular complexity index is 334. The van der Waals surface area contributed by atoms with Crippen LogP contribution in [-0.4, -0.2) is 43.2 Å². The van der Waals surface area contributed by atoms with Crippen molar-refractivity contribution in [3.63, 3.8) is 0 Å². The van der Waals surface area contributed by atoms with E-state index in [1.54, 1.807) is 0 Å². The summed E-state index contributed by atoms with van der Waals surface area (Å²) in [6, 6.07) is 0. The molecule has 0 aromatic rings. The number of piperidine rings is 1. The molecule has 1 aliphatic carbocycles. The maximum absolute atomic E-state index is 11.9. The number of nitrogens with two attached hydrogens (primary N) is 1. The smallest absolute Gasteiger partial charge is 0.326 e. The first kappa shape index (κ1) is 15.8. The largest absolute Gasteiger partial charge is 0.468 e. The number of carbonyl (C=O) groups is 1. The van der Waals surface area contributed by atoms with Gasteiger partial charge in [-0.1, -0.05) is 19.8 Å². The van der Waals surface area contributed by atoms with Gasteiger partial charge in [-0.15, -0.1) is 0 Å². The van der Waals surface area contributed by atoms with Gasteiger partial charge in [0.1, 0.15) is 5.54 Å². The normalized spacial score (nSPS) is 35.1. The maximum atomic E-state index is 11.9. The summed E-state index contributed by atoms with van der Waals surface area (Å²) >= 11 is 0. The summed E-state index contributed by atoms with van der Waals surface area (Å²) in [4.78, 5) is 14.5. The summed E-state index contributed by atoms with van der Waals surface area (Å²) in [7, 11) is 1.45. The summed E-state index contributed by atoms with van der Waals surface area (Å²) in [5.74, 6) is 0.928. The van der Waals surface area contributed by atoms with Crippen molar-refractivity contribution in [3.05, 3.63) is 0 Å². The minimum atomic E-state index is -0.727. The highest BCUT2D eigenvalue weighted by Gasteiger charge is 2.46. The lowest BCUT2D eigenvalue weighted by atomic mass is 9.85. The van der Waals surface area contributed by atoms with Gasteiger partial charge in [0.2, 0.25) is 0 Å². The third-order valence-electron chi connectivity index (χ3n) is 5.41. The van der Waals surface area contributed by atoms with E-state index in [2.05, 4.69) is 11.8 Å². The molecule has 0 amide bonds. The molecule has 2 rings (SSSR count). The number of hydrogen-bond acceptors (Lipinski definition) is 4. The predicted octanol–water partition coefficient (Wildman–Crippen LogP) is 2.17. The fraction of sp³-hybridized carbons (Fsp3) is 0.938. The average molecular weight is 282 g/mol. The number of likely N-dealkylation sites (tertiary alicyclic amines) is 1. The third-order valence-corrected chi connectivity index (χ3v) is 5.41. The quantitative estimate of drug-likeness (QED) is 0.785. The van der Waals surface area contributed by atoms with Crippen LogP contribution < -0.4 is 5.73 Å². The lowest BCUT2D eigenvalue weighted by Gasteiger charge is -2.35. The molecule has 3 atom stereocenters. The first-order valence-electron chi connectivity index (χ1n) is 8.19. The van der Waals surface area contributed by atoms with Crippen molar-refractivity contribution in [1.82, 2.24) is 4.90 Å². The molecule has 4 heteroatoms. The van der Waals surface area contributed by atoms with E-state index >= 15 is 0 Å². The van der Waals surface area contributed by atoms with Gasteiger partial charge in [-0.05, 0) is 57.0 Å². The molecule has 0 bridgehead atoms. The summed E-state index contributed by atoms with van der Waals surface area (Å²) in [5.41, 5.74) is 5.61. The zero-order chi connectivity index (χ0) is 14.6. The first-order chi connectivity index (χ1) is 9.60. The molecule has 1 heterocycles. The molecule has 4 nitrogen and oxygen atoms in total. The Labute approximate surface area is 123 Å². The Morgan fingerprint density at radius 2 is 2.20 bits per heavy atom. The van der Waals surface area contributed by atoms with E-state index < -0.39 is 5.54 Å². The zero-order valence-electron chi connectivity index (χ0n) is 13.1. The van der Waals surface area contributed by atoms with Crippen molar-refractivity contribution in [2.45, 2.75) is 57.4 Å². The average Bonchev–Trinajstić information content (AvgIpc) is 2.86. The fourth-order valence-electron chi connectivity index (χ4n) is 3.99. The summed E-state index contributed by atoms with van der Waals surface area (Å²) in [6.07, 6.45) is 7.89. The van der Waals surface area contributed by atoms with E-state index in [1.807, 2.05) is 0 Å². The van der Waals surface area contributed by atoms with Crippen molar-refractivity contribution in [3.8, 4) is 0 Å². The van der Waals surface area contributed by atoms with E-state index in [0.29, 0.717) is 0 Å². The van der Waals surface area contributed by atoms with E-state index in [4.69, 9.17) is 10.5 Å². The van der Waals surface area contributed by atoms with Crippen LogP contribution in [0.1, 0.15) is 51.9 Å². The summed E-state index contributed by atoms with van der Waals surface area (Å²) < 4.78 is 4.92. The Morgan fingerprint density at radius 1 is 1.40 bits per heavy atom. The number of hydrogen-bond donors (Lipinski definition) is 1. The molecule has 1 saturated heterocycles. The fourth-order valence-corrected chi connectivity index (χ4v) is 3.99. The number of carbonyl (C=O) groups excluding carboxylic acids is 1. The molecule has 3 unspecified atom stereocenters. The van der Waals surface area contributed by atoms with Gasteiger partial charge in [-0.25, -0.2) is 0 Å². The molecular weight excluding hydrogens is 252 g/mol. The monoisotopic (exact) mass is 282 g/mol. The lowest BCUT2D eigenvalue weighted by Crippen LogP contribution is -2.52. The van der Waals surface area contributed by atoms with Crippen molar-refractivity contribution >= 4 is 5.97 Å². The highest BCUT2D eigenvalue weighted by molar-refractivity contribution is 5.81. The van der Waals surface area contributed by atoms with Crippen LogP contribution in [0.4, 0.5) is 0 Å². The van der Waals surface area contributed by atoms with Gasteiger partial charge in [0.15, 0.2) is 0 Å². The zero-order valence-corrected chi connectivity index (χ0v) is 13.1. The molecule has 1 saturated carbocycles. The van der Waals surface area contributed by atoms with Gasteiger partial charge < -0.3 is 15.4 Å². The highest BCUT2D eigenvalue weighted by atomic mass is 16.5. The molecule has 2 N–H and O–H groups in total. The SMILES string of the molecule is CCC1CCCN(CCC2CCCC2(N)C(=O)OC)C1. The van der Waals surface area contributed by atoms with Crippen molar-refractivity contribution in [2.75, 3.05) is 26.7 Å². The van der Waals surface area contributed by atoms with Gasteiger partial charge in [0, 0.05) is 6.54 Å². The highest BCUT2D eigenvalue weighted by Crippen LogP contribution is 2.37. The predicted molar refractivity (Wildman–Crippen MR) is 80.3 cm³/mol. The van der Waals surface area contributed by atoms with Gasteiger partial charge >= 0.3 is 5.97 Å². The van der Waals surface area contributed by atoms with Crippen molar-refractivity contribution in [1.29, 1.82) is 0 Å². The second-order valence-electron chi connectivity index (χ2n) is 6.63. The van der Waals surface area contributed by atoms with Crippen LogP contribution in [0.3, 0.4) is 0 Å². The Balaban J connectivity index is 1.85. The summed E-state index contributed by atoms with van der Waals surface area (Å²) in [5, 5.41) is 0. The molecule has 0 spiro atoms. The van der Waals surface area contributed by atoms with E-state index in [-0.39, 0.29) is 11.9 Å². The van der Waals surface area contributed by atoms with Crippen molar-refractivity contribution in [2.24, 2.45) is 17.6 Å². The molecule has 1 aliphatic heterocycles. The van der Waals surface area contributed by atoms with Gasteiger partial charge in [0.25, 0.3) is 0 Å². The molecule has 0 radical (unpaired) electrons. The van der Waals surface area contributed by atoms with Crippen LogP contribution in [0.25, 0.3) is 0 Å². The molecule has 116 valence electrons. The van der Waals surface area contributed by atoms with Gasteiger partial charge in [-0.3, -0.25) is 4.79 Å². The third kappa shape index (κ3) is 3.34. The van der Waals surface area contributed by atoms with Crippen LogP contribution in [-0.2, 0) is 9.53 Å². The van der Waals surface area contributed by atoms with Crippen LogP contribution in [0.15, 0.2) is 0 Å². The first-order valence-corrected chi connectivity index (χ1v) is 8.19. The molecule has 20 heavy (non-hydrogen) atoms.